The maximum absolute atomic E-state index is 12.3. The zero-order valence-electron chi connectivity index (χ0n) is 11.7. The standard InChI is InChI=1S/C14H19ClN2O3/c1-10(14(18)17-5-7-20-8-6-17)16-11-3-4-13(19-2)12(15)9-11/h3-4,9-10,16H,5-8H2,1-2H3. The highest BCUT2D eigenvalue weighted by Crippen LogP contribution is 2.27. The highest BCUT2D eigenvalue weighted by molar-refractivity contribution is 6.32. The zero-order valence-corrected chi connectivity index (χ0v) is 12.4. The van der Waals surface area contributed by atoms with Crippen molar-refractivity contribution >= 4 is 23.2 Å². The van der Waals surface area contributed by atoms with Crippen LogP contribution in [0.1, 0.15) is 6.92 Å². The van der Waals surface area contributed by atoms with E-state index < -0.39 is 0 Å². The minimum atomic E-state index is -0.308. The van der Waals surface area contributed by atoms with E-state index in [-0.39, 0.29) is 11.9 Å². The molecule has 2 rings (SSSR count). The van der Waals surface area contributed by atoms with Crippen molar-refractivity contribution in [1.29, 1.82) is 0 Å². The first-order chi connectivity index (χ1) is 9.61. The first-order valence-electron chi connectivity index (χ1n) is 6.58. The van der Waals surface area contributed by atoms with E-state index in [0.717, 1.165) is 5.69 Å². The number of morpholine rings is 1. The van der Waals surface area contributed by atoms with Gasteiger partial charge in [0.1, 0.15) is 11.8 Å². The quantitative estimate of drug-likeness (QED) is 0.924. The maximum atomic E-state index is 12.3. The molecule has 1 atom stereocenters. The predicted octanol–water partition coefficient (Wildman–Crippen LogP) is 2.01. The zero-order chi connectivity index (χ0) is 14.5. The van der Waals surface area contributed by atoms with Crippen molar-refractivity contribution in [2.45, 2.75) is 13.0 Å². The Morgan fingerprint density at radius 1 is 1.45 bits per heavy atom. The molecule has 0 radical (unpaired) electrons. The van der Waals surface area contributed by atoms with Crippen molar-refractivity contribution in [3.8, 4) is 5.75 Å². The summed E-state index contributed by atoms with van der Waals surface area (Å²) in [5.41, 5.74) is 0.796. The van der Waals surface area contributed by atoms with Gasteiger partial charge in [-0.15, -0.1) is 0 Å². The molecule has 1 aromatic rings. The van der Waals surface area contributed by atoms with E-state index in [0.29, 0.717) is 37.1 Å². The van der Waals surface area contributed by atoms with Gasteiger partial charge in [-0.2, -0.15) is 0 Å². The number of ether oxygens (including phenoxy) is 2. The molecule has 1 aliphatic rings. The maximum Gasteiger partial charge on any atom is 0.244 e. The molecule has 0 spiro atoms. The topological polar surface area (TPSA) is 50.8 Å². The Morgan fingerprint density at radius 2 is 2.15 bits per heavy atom. The fraction of sp³-hybridized carbons (Fsp3) is 0.500. The van der Waals surface area contributed by atoms with Crippen LogP contribution in [0, 0.1) is 0 Å². The third-order valence-corrected chi connectivity index (χ3v) is 3.52. The molecule has 1 saturated heterocycles. The van der Waals surface area contributed by atoms with Crippen LogP contribution in [0.4, 0.5) is 5.69 Å². The first-order valence-corrected chi connectivity index (χ1v) is 6.96. The number of methoxy groups -OCH3 is 1. The number of benzene rings is 1. The fourth-order valence-electron chi connectivity index (χ4n) is 2.13. The van der Waals surface area contributed by atoms with E-state index in [4.69, 9.17) is 21.1 Å². The Balaban J connectivity index is 1.98. The molecule has 20 heavy (non-hydrogen) atoms. The second-order valence-electron chi connectivity index (χ2n) is 4.65. The average Bonchev–Trinajstić information content (AvgIpc) is 2.47. The average molecular weight is 299 g/mol. The number of halogens is 1. The van der Waals surface area contributed by atoms with Crippen molar-refractivity contribution < 1.29 is 14.3 Å². The smallest absolute Gasteiger partial charge is 0.244 e. The van der Waals surface area contributed by atoms with E-state index >= 15 is 0 Å². The SMILES string of the molecule is COc1ccc(NC(C)C(=O)N2CCOCC2)cc1Cl. The van der Waals surface area contributed by atoms with Crippen molar-refractivity contribution in [3.63, 3.8) is 0 Å². The molecule has 0 saturated carbocycles. The van der Waals surface area contributed by atoms with Crippen LogP contribution >= 0.6 is 11.6 Å². The summed E-state index contributed by atoms with van der Waals surface area (Å²) in [7, 11) is 1.57. The molecule has 1 heterocycles. The molecule has 1 unspecified atom stereocenters. The molecule has 6 heteroatoms. The Bertz CT molecular complexity index is 475. The van der Waals surface area contributed by atoms with E-state index in [1.165, 1.54) is 0 Å². The van der Waals surface area contributed by atoms with Gasteiger partial charge in [-0.1, -0.05) is 11.6 Å². The van der Waals surface area contributed by atoms with Crippen LogP contribution in [-0.2, 0) is 9.53 Å². The molecule has 0 aliphatic carbocycles. The van der Waals surface area contributed by atoms with Gasteiger partial charge in [0.25, 0.3) is 0 Å². The fourth-order valence-corrected chi connectivity index (χ4v) is 2.38. The molecule has 0 bridgehead atoms. The Labute approximate surface area is 123 Å². The van der Waals surface area contributed by atoms with Gasteiger partial charge in [0, 0.05) is 18.8 Å². The molecule has 0 aromatic heterocycles. The van der Waals surface area contributed by atoms with Gasteiger partial charge in [-0.05, 0) is 25.1 Å². The molecule has 1 N–H and O–H groups in total. The van der Waals surface area contributed by atoms with Gasteiger partial charge < -0.3 is 19.7 Å². The second-order valence-corrected chi connectivity index (χ2v) is 5.06. The van der Waals surface area contributed by atoms with Gasteiger partial charge in [-0.25, -0.2) is 0 Å². The monoisotopic (exact) mass is 298 g/mol. The lowest BCUT2D eigenvalue weighted by Crippen LogP contribution is -2.46. The summed E-state index contributed by atoms with van der Waals surface area (Å²) in [6, 6.07) is 5.06. The lowest BCUT2D eigenvalue weighted by atomic mass is 10.2. The van der Waals surface area contributed by atoms with Gasteiger partial charge in [0.2, 0.25) is 5.91 Å². The number of carbonyl (C=O) groups is 1. The van der Waals surface area contributed by atoms with Crippen molar-refractivity contribution in [3.05, 3.63) is 23.2 Å². The molecule has 1 aromatic carbocycles. The van der Waals surface area contributed by atoms with Crippen molar-refractivity contribution in [2.24, 2.45) is 0 Å². The summed E-state index contributed by atoms with van der Waals surface area (Å²) >= 11 is 6.06. The van der Waals surface area contributed by atoms with E-state index in [1.54, 1.807) is 19.2 Å². The molecular formula is C14H19ClN2O3. The van der Waals surface area contributed by atoms with Gasteiger partial charge >= 0.3 is 0 Å². The summed E-state index contributed by atoms with van der Waals surface area (Å²) < 4.78 is 10.3. The van der Waals surface area contributed by atoms with Gasteiger partial charge in [0.05, 0.1) is 25.3 Å². The van der Waals surface area contributed by atoms with Crippen LogP contribution in [0.3, 0.4) is 0 Å². The van der Waals surface area contributed by atoms with Crippen LogP contribution in [0.5, 0.6) is 5.75 Å². The van der Waals surface area contributed by atoms with Crippen LogP contribution in [0.25, 0.3) is 0 Å². The highest BCUT2D eigenvalue weighted by atomic mass is 35.5. The number of carbonyl (C=O) groups excluding carboxylic acids is 1. The van der Waals surface area contributed by atoms with Crippen LogP contribution in [0.15, 0.2) is 18.2 Å². The first kappa shape index (κ1) is 14.9. The predicted molar refractivity (Wildman–Crippen MR) is 78.5 cm³/mol. The van der Waals surface area contributed by atoms with E-state index in [1.807, 2.05) is 17.9 Å². The number of amides is 1. The van der Waals surface area contributed by atoms with Crippen molar-refractivity contribution in [1.82, 2.24) is 4.90 Å². The number of hydrogen-bond donors (Lipinski definition) is 1. The Hall–Kier alpha value is -1.46. The summed E-state index contributed by atoms with van der Waals surface area (Å²) in [4.78, 5) is 14.1. The minimum absolute atomic E-state index is 0.0697. The molecule has 5 nitrogen and oxygen atoms in total. The molecule has 1 fully saturated rings. The largest absolute Gasteiger partial charge is 0.495 e. The van der Waals surface area contributed by atoms with Crippen LogP contribution < -0.4 is 10.1 Å². The molecule has 1 aliphatic heterocycles. The van der Waals surface area contributed by atoms with Crippen LogP contribution in [-0.4, -0.2) is 50.3 Å². The number of rotatable bonds is 4. The van der Waals surface area contributed by atoms with Gasteiger partial charge in [-0.3, -0.25) is 4.79 Å². The van der Waals surface area contributed by atoms with E-state index in [2.05, 4.69) is 5.32 Å². The Morgan fingerprint density at radius 3 is 2.75 bits per heavy atom. The minimum Gasteiger partial charge on any atom is -0.495 e. The number of hydrogen-bond acceptors (Lipinski definition) is 4. The summed E-state index contributed by atoms with van der Waals surface area (Å²) in [6.07, 6.45) is 0. The van der Waals surface area contributed by atoms with E-state index in [9.17, 15) is 4.79 Å². The lowest BCUT2D eigenvalue weighted by molar-refractivity contribution is -0.135. The summed E-state index contributed by atoms with van der Waals surface area (Å²) in [5, 5.41) is 3.68. The van der Waals surface area contributed by atoms with Crippen LogP contribution in [0.2, 0.25) is 5.02 Å². The third-order valence-electron chi connectivity index (χ3n) is 3.23. The molecule has 110 valence electrons. The lowest BCUT2D eigenvalue weighted by Gasteiger charge is -2.29. The summed E-state index contributed by atoms with van der Waals surface area (Å²) in [5.74, 6) is 0.685. The molecular weight excluding hydrogens is 280 g/mol. The number of anilines is 1. The normalized spacial score (nSPS) is 16.6. The number of nitrogens with zero attached hydrogens (tertiary/aromatic N) is 1. The summed E-state index contributed by atoms with van der Waals surface area (Å²) in [6.45, 7) is 4.35. The van der Waals surface area contributed by atoms with Gasteiger partial charge in [0.15, 0.2) is 0 Å². The highest BCUT2D eigenvalue weighted by Gasteiger charge is 2.22. The van der Waals surface area contributed by atoms with Crippen molar-refractivity contribution in [2.75, 3.05) is 38.7 Å². The second kappa shape index (κ2) is 6.81. The number of nitrogens with one attached hydrogen (secondary N) is 1. The third kappa shape index (κ3) is 3.55. The molecule has 1 amide bonds. The Kier molecular flexibility index (Phi) is 5.09.